The van der Waals surface area contributed by atoms with E-state index in [0.29, 0.717) is 23.3 Å². The van der Waals surface area contributed by atoms with E-state index >= 15 is 0 Å². The van der Waals surface area contributed by atoms with Gasteiger partial charge in [-0.1, -0.05) is 42.5 Å². The zero-order chi connectivity index (χ0) is 27.6. The van der Waals surface area contributed by atoms with Crippen molar-refractivity contribution in [3.63, 3.8) is 0 Å². The molecule has 196 valence electrons. The Morgan fingerprint density at radius 3 is 2.48 bits per heavy atom. The fourth-order valence-electron chi connectivity index (χ4n) is 4.83. The van der Waals surface area contributed by atoms with Crippen LogP contribution >= 0.6 is 0 Å². The zero-order valence-electron chi connectivity index (χ0n) is 21.7. The number of rotatable bonds is 7. The van der Waals surface area contributed by atoms with Crippen LogP contribution in [0.1, 0.15) is 44.9 Å². The van der Waals surface area contributed by atoms with Crippen LogP contribution in [0.15, 0.2) is 103 Å². The van der Waals surface area contributed by atoms with Crippen LogP contribution in [0, 0.1) is 0 Å². The number of fused-ring (bicyclic) bond motifs is 2. The number of amides is 1. The van der Waals surface area contributed by atoms with Crippen LogP contribution in [0.4, 0.5) is 0 Å². The van der Waals surface area contributed by atoms with Crippen molar-refractivity contribution in [1.82, 2.24) is 25.1 Å². The zero-order valence-corrected chi connectivity index (χ0v) is 21.7. The molecule has 3 aromatic heterocycles. The van der Waals surface area contributed by atoms with Gasteiger partial charge in [-0.2, -0.15) is 5.10 Å². The SMILES string of the molecule is C[C@H](NC(=O)c1cc(-c2ccccc2)cc2cnn(Cc3ccc4cccnc4n3)c12)c1ccc(C(=O)O)cc1. The van der Waals surface area contributed by atoms with E-state index in [2.05, 4.69) is 20.4 Å². The molecule has 0 fully saturated rings. The van der Waals surface area contributed by atoms with Crippen LogP contribution < -0.4 is 5.32 Å². The van der Waals surface area contributed by atoms with Crippen molar-refractivity contribution >= 4 is 33.8 Å². The van der Waals surface area contributed by atoms with Crippen molar-refractivity contribution in [2.75, 3.05) is 0 Å². The average Bonchev–Trinajstić information content (AvgIpc) is 3.39. The molecule has 2 N–H and O–H groups in total. The molecule has 3 aromatic carbocycles. The van der Waals surface area contributed by atoms with E-state index in [-0.39, 0.29) is 17.5 Å². The van der Waals surface area contributed by atoms with Gasteiger partial charge in [0.1, 0.15) is 0 Å². The van der Waals surface area contributed by atoms with E-state index in [0.717, 1.165) is 33.2 Å². The summed E-state index contributed by atoms with van der Waals surface area (Å²) in [4.78, 5) is 34.1. The number of nitrogens with one attached hydrogen (secondary N) is 1. The minimum Gasteiger partial charge on any atom is -0.478 e. The molecule has 0 saturated carbocycles. The summed E-state index contributed by atoms with van der Waals surface area (Å²) < 4.78 is 1.79. The summed E-state index contributed by atoms with van der Waals surface area (Å²) >= 11 is 0. The van der Waals surface area contributed by atoms with E-state index in [1.54, 1.807) is 29.2 Å². The van der Waals surface area contributed by atoms with Gasteiger partial charge in [-0.15, -0.1) is 0 Å². The number of carboxylic acids is 1. The monoisotopic (exact) mass is 527 g/mol. The fraction of sp³-hybridized carbons (Fsp3) is 0.0938. The second kappa shape index (κ2) is 10.4. The molecule has 0 spiro atoms. The van der Waals surface area contributed by atoms with Gasteiger partial charge in [-0.3, -0.25) is 9.48 Å². The molecular formula is C32H25N5O3. The number of aromatic carboxylic acids is 1. The van der Waals surface area contributed by atoms with Crippen molar-refractivity contribution in [2.24, 2.45) is 0 Å². The molecule has 1 atom stereocenters. The minimum absolute atomic E-state index is 0.195. The molecule has 0 aliphatic carbocycles. The first kappa shape index (κ1) is 24.9. The maximum absolute atomic E-state index is 13.8. The molecule has 40 heavy (non-hydrogen) atoms. The van der Waals surface area contributed by atoms with Crippen LogP contribution in [0.3, 0.4) is 0 Å². The topological polar surface area (TPSA) is 110 Å². The first-order valence-corrected chi connectivity index (χ1v) is 12.9. The Morgan fingerprint density at radius 1 is 0.900 bits per heavy atom. The van der Waals surface area contributed by atoms with Gasteiger partial charge < -0.3 is 10.4 Å². The molecule has 8 heteroatoms. The van der Waals surface area contributed by atoms with Crippen LogP contribution in [-0.4, -0.2) is 36.7 Å². The lowest BCUT2D eigenvalue weighted by atomic mass is 9.99. The van der Waals surface area contributed by atoms with E-state index in [1.165, 1.54) is 12.1 Å². The summed E-state index contributed by atoms with van der Waals surface area (Å²) in [7, 11) is 0. The summed E-state index contributed by atoms with van der Waals surface area (Å²) in [6.45, 7) is 2.24. The molecule has 0 saturated heterocycles. The number of hydrogen-bond acceptors (Lipinski definition) is 5. The average molecular weight is 528 g/mol. The molecule has 3 heterocycles. The highest BCUT2D eigenvalue weighted by atomic mass is 16.4. The minimum atomic E-state index is -0.992. The van der Waals surface area contributed by atoms with Gasteiger partial charge in [0, 0.05) is 17.0 Å². The van der Waals surface area contributed by atoms with E-state index in [1.807, 2.05) is 73.7 Å². The summed E-state index contributed by atoms with van der Waals surface area (Å²) in [6, 6.07) is 27.7. The summed E-state index contributed by atoms with van der Waals surface area (Å²) in [6.07, 6.45) is 3.48. The third kappa shape index (κ3) is 4.90. The van der Waals surface area contributed by atoms with Crippen LogP contribution in [0.25, 0.3) is 33.1 Å². The molecule has 8 nitrogen and oxygen atoms in total. The number of carboxylic acid groups (broad SMARTS) is 1. The van der Waals surface area contributed by atoms with Crippen molar-refractivity contribution in [2.45, 2.75) is 19.5 Å². The van der Waals surface area contributed by atoms with Gasteiger partial charge >= 0.3 is 5.97 Å². The van der Waals surface area contributed by atoms with Gasteiger partial charge in [0.25, 0.3) is 5.91 Å². The second-order valence-corrected chi connectivity index (χ2v) is 9.60. The maximum atomic E-state index is 13.8. The highest BCUT2D eigenvalue weighted by Crippen LogP contribution is 2.29. The quantitative estimate of drug-likeness (QED) is 0.268. The molecule has 1 amide bonds. The van der Waals surface area contributed by atoms with Gasteiger partial charge in [-0.05, 0) is 72.1 Å². The molecule has 0 radical (unpaired) electrons. The lowest BCUT2D eigenvalue weighted by Gasteiger charge is -2.17. The predicted molar refractivity (Wildman–Crippen MR) is 153 cm³/mol. The first-order valence-electron chi connectivity index (χ1n) is 12.9. The highest BCUT2D eigenvalue weighted by Gasteiger charge is 2.20. The Morgan fingerprint density at radius 2 is 1.70 bits per heavy atom. The van der Waals surface area contributed by atoms with Crippen molar-refractivity contribution < 1.29 is 14.7 Å². The Hall–Kier alpha value is -5.37. The Bertz CT molecular complexity index is 1860. The fourth-order valence-corrected chi connectivity index (χ4v) is 4.83. The van der Waals surface area contributed by atoms with Crippen molar-refractivity contribution in [3.05, 3.63) is 126 Å². The lowest BCUT2D eigenvalue weighted by molar-refractivity contribution is 0.0696. The molecule has 0 aliphatic rings. The normalized spacial score (nSPS) is 11.9. The third-order valence-electron chi connectivity index (χ3n) is 6.92. The number of pyridine rings is 2. The number of hydrogen-bond donors (Lipinski definition) is 2. The number of nitrogens with zero attached hydrogens (tertiary/aromatic N) is 4. The number of carbonyl (C=O) groups excluding carboxylic acids is 1. The molecule has 0 unspecified atom stereocenters. The van der Waals surface area contributed by atoms with Crippen LogP contribution in [0.5, 0.6) is 0 Å². The summed E-state index contributed by atoms with van der Waals surface area (Å²) in [5, 5.41) is 18.7. The van der Waals surface area contributed by atoms with Crippen molar-refractivity contribution in [1.29, 1.82) is 0 Å². The number of aromatic nitrogens is 4. The summed E-state index contributed by atoms with van der Waals surface area (Å²) in [5.74, 6) is -1.25. The smallest absolute Gasteiger partial charge is 0.335 e. The highest BCUT2D eigenvalue weighted by molar-refractivity contribution is 6.07. The Labute approximate surface area is 230 Å². The second-order valence-electron chi connectivity index (χ2n) is 9.60. The number of benzene rings is 3. The maximum Gasteiger partial charge on any atom is 0.335 e. The van der Waals surface area contributed by atoms with E-state index in [9.17, 15) is 14.7 Å². The lowest BCUT2D eigenvalue weighted by Crippen LogP contribution is -2.27. The molecule has 6 aromatic rings. The summed E-state index contributed by atoms with van der Waals surface area (Å²) in [5.41, 5.74) is 5.52. The molecule has 6 rings (SSSR count). The van der Waals surface area contributed by atoms with Gasteiger partial charge in [-0.25, -0.2) is 14.8 Å². The van der Waals surface area contributed by atoms with Gasteiger partial charge in [0.15, 0.2) is 5.65 Å². The molecule has 0 bridgehead atoms. The molecular weight excluding hydrogens is 502 g/mol. The number of carbonyl (C=O) groups is 2. The Balaban J connectivity index is 1.39. The van der Waals surface area contributed by atoms with Gasteiger partial charge in [0.05, 0.1) is 41.1 Å². The standard InChI is InChI=1S/C32H25N5O3/c1-20(21-9-11-24(12-10-21)32(39)40)35-31(38)28-17-25(22-6-3-2-4-7-22)16-26-18-34-37(29(26)28)19-27-14-13-23-8-5-15-33-30(23)36-27/h2-18,20H,19H2,1H3,(H,35,38)(H,39,40)/t20-/m0/s1. The largest absolute Gasteiger partial charge is 0.478 e. The van der Waals surface area contributed by atoms with Crippen molar-refractivity contribution in [3.8, 4) is 11.1 Å². The third-order valence-corrected chi connectivity index (χ3v) is 6.92. The van der Waals surface area contributed by atoms with E-state index < -0.39 is 5.97 Å². The first-order chi connectivity index (χ1) is 19.5. The van der Waals surface area contributed by atoms with Crippen LogP contribution in [0.2, 0.25) is 0 Å². The Kier molecular flexibility index (Phi) is 6.49. The van der Waals surface area contributed by atoms with Crippen LogP contribution in [-0.2, 0) is 6.54 Å². The molecule has 0 aliphatic heterocycles. The predicted octanol–water partition coefficient (Wildman–Crippen LogP) is 5.88. The van der Waals surface area contributed by atoms with Gasteiger partial charge in [0.2, 0.25) is 0 Å². The van der Waals surface area contributed by atoms with E-state index in [4.69, 9.17) is 0 Å².